The van der Waals surface area contributed by atoms with E-state index in [0.717, 1.165) is 6.42 Å². The van der Waals surface area contributed by atoms with E-state index in [9.17, 15) is 10.1 Å². The highest BCUT2D eigenvalue weighted by atomic mass is 16.5. The van der Waals surface area contributed by atoms with E-state index in [1.54, 1.807) is 0 Å². The molecular weight excluding hydrogens is 214 g/mol. The van der Waals surface area contributed by atoms with Gasteiger partial charge in [0.15, 0.2) is 0 Å². The lowest BCUT2D eigenvalue weighted by molar-refractivity contribution is -0.136. The fourth-order valence-electron chi connectivity index (χ4n) is 3.06. The normalized spacial score (nSPS) is 24.5. The second kappa shape index (κ2) is 3.46. The predicted octanol–water partition coefficient (Wildman–Crippen LogP) is 2.26. The Bertz CT molecular complexity index is 580. The first kappa shape index (κ1) is 10.1. The van der Waals surface area contributed by atoms with Crippen molar-refractivity contribution in [2.24, 2.45) is 0 Å². The first-order valence-electron chi connectivity index (χ1n) is 5.59. The number of carbonyl (C=O) groups is 1. The zero-order valence-corrected chi connectivity index (χ0v) is 9.43. The fraction of sp³-hybridized carbons (Fsp3) is 0.286. The van der Waals surface area contributed by atoms with E-state index < -0.39 is 0 Å². The third-order valence-corrected chi connectivity index (χ3v) is 3.73. The molecule has 2 bridgehead atoms. The van der Waals surface area contributed by atoms with E-state index in [4.69, 9.17) is 4.74 Å². The molecule has 0 fully saturated rings. The number of fused-ring (bicyclic) bond motifs is 5. The Morgan fingerprint density at radius 3 is 2.59 bits per heavy atom. The number of benzene rings is 1. The van der Waals surface area contributed by atoms with Crippen molar-refractivity contribution in [3.63, 3.8) is 0 Å². The highest BCUT2D eigenvalue weighted by Crippen LogP contribution is 2.56. The van der Waals surface area contributed by atoms with Crippen LogP contribution in [0.2, 0.25) is 0 Å². The molecule has 17 heavy (non-hydrogen) atoms. The number of nitrogens with zero attached hydrogens (tertiary/aromatic N) is 1. The third kappa shape index (κ3) is 1.18. The third-order valence-electron chi connectivity index (χ3n) is 3.73. The number of ether oxygens (including phenoxy) is 1. The minimum absolute atomic E-state index is 0.0540. The van der Waals surface area contributed by atoms with Gasteiger partial charge < -0.3 is 4.74 Å². The lowest BCUT2D eigenvalue weighted by atomic mass is 9.86. The second-order valence-electron chi connectivity index (χ2n) is 4.40. The Kier molecular flexibility index (Phi) is 2.05. The maximum Gasteiger partial charge on any atom is 0.335 e. The quantitative estimate of drug-likeness (QED) is 0.689. The molecule has 3 nitrogen and oxygen atoms in total. The van der Waals surface area contributed by atoms with Gasteiger partial charge in [0.1, 0.15) is 0 Å². The number of carbonyl (C=O) groups excluding carboxylic acids is 1. The summed E-state index contributed by atoms with van der Waals surface area (Å²) in [5.74, 6) is -0.211. The number of hydrogen-bond acceptors (Lipinski definition) is 3. The van der Waals surface area contributed by atoms with Crippen molar-refractivity contribution in [2.45, 2.75) is 18.3 Å². The molecule has 0 aliphatic heterocycles. The van der Waals surface area contributed by atoms with Gasteiger partial charge in [0.25, 0.3) is 0 Å². The van der Waals surface area contributed by atoms with Gasteiger partial charge >= 0.3 is 5.97 Å². The summed E-state index contributed by atoms with van der Waals surface area (Å²) in [6.45, 7) is 0. The van der Waals surface area contributed by atoms with Crippen molar-refractivity contribution in [1.29, 1.82) is 5.26 Å². The number of rotatable bonds is 1. The lowest BCUT2D eigenvalue weighted by Gasteiger charge is -2.17. The van der Waals surface area contributed by atoms with Gasteiger partial charge in [-0.25, -0.2) is 4.79 Å². The maximum atomic E-state index is 11.8. The molecule has 3 rings (SSSR count). The molecule has 2 aliphatic rings. The van der Waals surface area contributed by atoms with Crippen molar-refractivity contribution < 1.29 is 9.53 Å². The molecule has 2 unspecified atom stereocenters. The van der Waals surface area contributed by atoms with Crippen molar-refractivity contribution in [2.75, 3.05) is 7.11 Å². The fourth-order valence-corrected chi connectivity index (χ4v) is 3.06. The number of allylic oxidation sites excluding steroid dienone is 1. The molecule has 1 aromatic carbocycles. The van der Waals surface area contributed by atoms with E-state index in [-0.39, 0.29) is 17.8 Å². The molecule has 0 saturated carbocycles. The summed E-state index contributed by atoms with van der Waals surface area (Å²) < 4.78 is 4.79. The predicted molar refractivity (Wildman–Crippen MR) is 61.2 cm³/mol. The van der Waals surface area contributed by atoms with E-state index in [1.807, 2.05) is 24.3 Å². The molecule has 2 aliphatic carbocycles. The van der Waals surface area contributed by atoms with Crippen LogP contribution in [0.4, 0.5) is 0 Å². The monoisotopic (exact) mass is 225 g/mol. The van der Waals surface area contributed by atoms with Crippen LogP contribution < -0.4 is 0 Å². The van der Waals surface area contributed by atoms with Crippen molar-refractivity contribution in [3.05, 3.63) is 46.5 Å². The first-order chi connectivity index (χ1) is 8.27. The van der Waals surface area contributed by atoms with Crippen LogP contribution in [0.25, 0.3) is 0 Å². The summed E-state index contributed by atoms with van der Waals surface area (Å²) in [4.78, 5) is 11.8. The van der Waals surface area contributed by atoms with Gasteiger partial charge in [0, 0.05) is 17.4 Å². The Morgan fingerprint density at radius 2 is 2.00 bits per heavy atom. The minimum atomic E-state index is -0.358. The summed E-state index contributed by atoms with van der Waals surface area (Å²) in [5, 5.41) is 9.21. The van der Waals surface area contributed by atoms with Crippen LogP contribution in [0.1, 0.15) is 29.4 Å². The van der Waals surface area contributed by atoms with Crippen LogP contribution in [-0.4, -0.2) is 13.1 Å². The summed E-state index contributed by atoms with van der Waals surface area (Å²) in [5.41, 5.74) is 3.54. The standard InChI is InChI=1S/C14H11NO2/c1-17-14(16)13-11-6-10(12(13)7-15)8-4-2-3-5-9(8)11/h2-5,10-11H,6H2,1H3. The van der Waals surface area contributed by atoms with Gasteiger partial charge in [-0.05, 0) is 17.5 Å². The van der Waals surface area contributed by atoms with E-state index in [1.165, 1.54) is 18.2 Å². The molecule has 0 N–H and O–H groups in total. The second-order valence-corrected chi connectivity index (χ2v) is 4.40. The number of esters is 1. The first-order valence-corrected chi connectivity index (χ1v) is 5.59. The van der Waals surface area contributed by atoms with Crippen LogP contribution in [0, 0.1) is 11.3 Å². The molecular formula is C14H11NO2. The molecule has 1 aromatic rings. The molecule has 0 heterocycles. The summed E-state index contributed by atoms with van der Waals surface area (Å²) in [6, 6.07) is 10.2. The lowest BCUT2D eigenvalue weighted by Crippen LogP contribution is -2.13. The smallest absolute Gasteiger partial charge is 0.335 e. The van der Waals surface area contributed by atoms with Gasteiger partial charge in [0.2, 0.25) is 0 Å². The van der Waals surface area contributed by atoms with Gasteiger partial charge in [-0.15, -0.1) is 0 Å². The Hall–Kier alpha value is -2.08. The highest BCUT2D eigenvalue weighted by Gasteiger charge is 2.46. The maximum absolute atomic E-state index is 11.8. The summed E-state index contributed by atoms with van der Waals surface area (Å²) in [6.07, 6.45) is 0.840. The average molecular weight is 225 g/mol. The molecule has 0 radical (unpaired) electrons. The van der Waals surface area contributed by atoms with Crippen molar-refractivity contribution >= 4 is 5.97 Å². The van der Waals surface area contributed by atoms with E-state index in [2.05, 4.69) is 6.07 Å². The molecule has 2 atom stereocenters. The molecule has 84 valence electrons. The zero-order valence-electron chi connectivity index (χ0n) is 9.43. The number of nitriles is 1. The van der Waals surface area contributed by atoms with Crippen molar-refractivity contribution in [1.82, 2.24) is 0 Å². The molecule has 0 aromatic heterocycles. The average Bonchev–Trinajstić information content (AvgIpc) is 2.93. The van der Waals surface area contributed by atoms with Crippen LogP contribution >= 0.6 is 0 Å². The Morgan fingerprint density at radius 1 is 1.35 bits per heavy atom. The van der Waals surface area contributed by atoms with Crippen molar-refractivity contribution in [3.8, 4) is 6.07 Å². The SMILES string of the molecule is COC(=O)C1=C(C#N)C2CC1c1ccccc12. The topological polar surface area (TPSA) is 50.1 Å². The van der Waals surface area contributed by atoms with Crippen LogP contribution in [0.3, 0.4) is 0 Å². The molecule has 3 heteroatoms. The molecule has 0 spiro atoms. The van der Waals surface area contributed by atoms with Crippen LogP contribution in [0.15, 0.2) is 35.4 Å². The number of methoxy groups -OCH3 is 1. The van der Waals surface area contributed by atoms with Gasteiger partial charge in [-0.2, -0.15) is 5.26 Å². The highest BCUT2D eigenvalue weighted by molar-refractivity contribution is 5.94. The van der Waals surface area contributed by atoms with E-state index >= 15 is 0 Å². The largest absolute Gasteiger partial charge is 0.466 e. The zero-order chi connectivity index (χ0) is 12.0. The van der Waals surface area contributed by atoms with Gasteiger partial charge in [0.05, 0.1) is 18.8 Å². The minimum Gasteiger partial charge on any atom is -0.466 e. The van der Waals surface area contributed by atoms with Crippen LogP contribution in [-0.2, 0) is 9.53 Å². The van der Waals surface area contributed by atoms with E-state index in [0.29, 0.717) is 11.1 Å². The summed E-state index contributed by atoms with van der Waals surface area (Å²) >= 11 is 0. The van der Waals surface area contributed by atoms with Gasteiger partial charge in [-0.1, -0.05) is 24.3 Å². The van der Waals surface area contributed by atoms with Gasteiger partial charge in [-0.3, -0.25) is 0 Å². The number of hydrogen-bond donors (Lipinski definition) is 0. The van der Waals surface area contributed by atoms with Crippen LogP contribution in [0.5, 0.6) is 0 Å². The Labute approximate surface area is 99.3 Å². The Balaban J connectivity index is 2.17. The summed E-state index contributed by atoms with van der Waals surface area (Å²) in [7, 11) is 1.36. The molecule has 0 amide bonds. The molecule has 0 saturated heterocycles.